The average molecular weight is 261 g/mol. The predicted molar refractivity (Wildman–Crippen MR) is 74.6 cm³/mol. The number of hydrogen-bond donors (Lipinski definition) is 0. The Kier molecular flexibility index (Phi) is 2.62. The molecular weight excluding hydrogens is 242 g/mol. The molecule has 0 atom stereocenters. The van der Waals surface area contributed by atoms with Crippen LogP contribution in [0.1, 0.15) is 12.8 Å². The Hall–Kier alpha value is -1.43. The molecule has 6 heteroatoms. The van der Waals surface area contributed by atoms with Crippen LogP contribution in [0, 0.1) is 0 Å². The van der Waals surface area contributed by atoms with Gasteiger partial charge in [0.2, 0.25) is 0 Å². The van der Waals surface area contributed by atoms with Gasteiger partial charge in [0, 0.05) is 13.1 Å². The second-order valence-corrected chi connectivity index (χ2v) is 10.7. The van der Waals surface area contributed by atoms with E-state index in [1.807, 2.05) is 6.33 Å². The minimum absolute atomic E-state index is 0.770. The average Bonchev–Trinajstić information content (AvgIpc) is 2.97. The molecule has 5 nitrogen and oxygen atoms in total. The molecule has 1 fully saturated rings. The maximum absolute atomic E-state index is 4.44. The molecule has 0 aliphatic carbocycles. The molecule has 0 spiro atoms. The lowest BCUT2D eigenvalue weighted by Gasteiger charge is -2.31. The molecule has 0 aromatic rings. The first-order valence-electron chi connectivity index (χ1n) is 6.51. The van der Waals surface area contributed by atoms with E-state index in [0.29, 0.717) is 0 Å². The fourth-order valence-electron chi connectivity index (χ4n) is 2.52. The van der Waals surface area contributed by atoms with Crippen molar-refractivity contribution >= 4 is 14.1 Å². The van der Waals surface area contributed by atoms with Gasteiger partial charge in [-0.05, 0) is 12.8 Å². The van der Waals surface area contributed by atoms with Crippen LogP contribution < -0.4 is 4.90 Å². The molecule has 3 rings (SSSR count). The van der Waals surface area contributed by atoms with E-state index in [9.17, 15) is 0 Å². The Bertz CT molecular complexity index is 524. The molecule has 96 valence electrons. The van der Waals surface area contributed by atoms with Crippen LogP contribution in [0.3, 0.4) is 0 Å². The Morgan fingerprint density at radius 1 is 1.06 bits per heavy atom. The summed E-state index contributed by atoms with van der Waals surface area (Å²) in [6.45, 7) is 9.23. The monoisotopic (exact) mass is 261 g/mol. The standard InChI is InChI=1S/C12H19N5Si/c1-18(2,3)17-9-15-11-10(13-8-14-11)12(17)16-6-4-5-7-16/h8-9H,4-7H2,1-3H3. The number of rotatable bonds is 2. The molecule has 0 aromatic carbocycles. The highest BCUT2D eigenvalue weighted by atomic mass is 28.3. The predicted octanol–water partition coefficient (Wildman–Crippen LogP) is 2.06. The second kappa shape index (κ2) is 4.05. The van der Waals surface area contributed by atoms with Crippen molar-refractivity contribution < 1.29 is 0 Å². The Morgan fingerprint density at radius 3 is 2.44 bits per heavy atom. The van der Waals surface area contributed by atoms with Gasteiger partial charge in [-0.25, -0.2) is 15.0 Å². The van der Waals surface area contributed by atoms with E-state index in [-0.39, 0.29) is 0 Å². The molecule has 18 heavy (non-hydrogen) atoms. The van der Waals surface area contributed by atoms with Gasteiger partial charge < -0.3 is 9.13 Å². The maximum Gasteiger partial charge on any atom is 0.184 e. The van der Waals surface area contributed by atoms with E-state index in [1.165, 1.54) is 18.7 Å². The Balaban J connectivity index is 2.21. The maximum atomic E-state index is 4.44. The molecule has 3 aliphatic rings. The Labute approximate surface area is 108 Å². The van der Waals surface area contributed by atoms with Crippen molar-refractivity contribution in [3.8, 4) is 11.5 Å². The number of nitrogens with zero attached hydrogens (tertiary/aromatic N) is 5. The second-order valence-electron chi connectivity index (χ2n) is 5.85. The summed E-state index contributed by atoms with van der Waals surface area (Å²) in [5.74, 6) is 2.00. The van der Waals surface area contributed by atoms with Gasteiger partial charge in [-0.2, -0.15) is 0 Å². The summed E-state index contributed by atoms with van der Waals surface area (Å²) in [6.07, 6.45) is 6.11. The Morgan fingerprint density at radius 2 is 1.78 bits per heavy atom. The summed E-state index contributed by atoms with van der Waals surface area (Å²) < 4.78 is 2.36. The first kappa shape index (κ1) is 11.6. The molecule has 0 unspecified atom stereocenters. The van der Waals surface area contributed by atoms with E-state index in [0.717, 1.165) is 24.6 Å². The smallest absolute Gasteiger partial charge is 0.184 e. The number of anilines is 1. The lowest BCUT2D eigenvalue weighted by molar-refractivity contribution is 0.883. The zero-order valence-corrected chi connectivity index (χ0v) is 12.2. The topological polar surface area (TPSA) is 46.8 Å². The highest BCUT2D eigenvalue weighted by Gasteiger charge is 2.28. The van der Waals surface area contributed by atoms with E-state index in [1.54, 1.807) is 6.33 Å². The van der Waals surface area contributed by atoms with Gasteiger partial charge in [0.1, 0.15) is 17.8 Å². The lowest BCUT2D eigenvalue weighted by Crippen LogP contribution is -2.37. The molecule has 0 aromatic heterocycles. The molecule has 0 radical (unpaired) electrons. The zero-order chi connectivity index (χ0) is 12.8. The summed E-state index contributed by atoms with van der Waals surface area (Å²) in [5.41, 5.74) is 0.960. The minimum Gasteiger partial charge on any atom is -0.357 e. The molecule has 1 saturated heterocycles. The van der Waals surface area contributed by atoms with Gasteiger partial charge in [0.25, 0.3) is 0 Å². The van der Waals surface area contributed by atoms with Gasteiger partial charge in [-0.1, -0.05) is 19.6 Å². The number of imidazole rings is 1. The largest absolute Gasteiger partial charge is 0.357 e. The summed E-state index contributed by atoms with van der Waals surface area (Å²) in [6, 6.07) is 0. The van der Waals surface area contributed by atoms with E-state index >= 15 is 0 Å². The molecule has 0 saturated carbocycles. The van der Waals surface area contributed by atoms with Gasteiger partial charge >= 0.3 is 0 Å². The van der Waals surface area contributed by atoms with E-state index < -0.39 is 8.24 Å². The van der Waals surface area contributed by atoms with E-state index in [4.69, 9.17) is 0 Å². The van der Waals surface area contributed by atoms with Crippen LogP contribution in [-0.4, -0.2) is 40.5 Å². The van der Waals surface area contributed by atoms with Crippen molar-refractivity contribution in [1.29, 1.82) is 0 Å². The first-order valence-corrected chi connectivity index (χ1v) is 9.95. The third-order valence-corrected chi connectivity index (χ3v) is 5.22. The van der Waals surface area contributed by atoms with Crippen LogP contribution in [0.4, 0.5) is 5.82 Å². The quantitative estimate of drug-likeness (QED) is 0.776. The molecular formula is C12H19N5Si. The first-order chi connectivity index (χ1) is 8.57. The summed E-state index contributed by atoms with van der Waals surface area (Å²) >= 11 is 0. The number of hydrogen-bond acceptors (Lipinski definition) is 4. The summed E-state index contributed by atoms with van der Waals surface area (Å²) in [4.78, 5) is 15.5. The highest BCUT2D eigenvalue weighted by molar-refractivity contribution is 6.75. The third kappa shape index (κ3) is 1.80. The number of fused-ring (bicyclic) bond motifs is 1. The van der Waals surface area contributed by atoms with Crippen molar-refractivity contribution in [3.63, 3.8) is 0 Å². The molecule has 3 aliphatic heterocycles. The van der Waals surface area contributed by atoms with Crippen LogP contribution in [0.2, 0.25) is 19.6 Å². The summed E-state index contributed by atoms with van der Waals surface area (Å²) in [7, 11) is -1.49. The fourth-order valence-corrected chi connectivity index (χ4v) is 3.80. The SMILES string of the molecule is C[Si](C)(C)n1cnc2ncnc-2c1N1CCCC1. The third-order valence-electron chi connectivity index (χ3n) is 3.44. The molecule has 0 bridgehead atoms. The lowest BCUT2D eigenvalue weighted by atomic mass is 10.3. The zero-order valence-electron chi connectivity index (χ0n) is 11.2. The highest BCUT2D eigenvalue weighted by Crippen LogP contribution is 2.32. The molecule has 3 heterocycles. The van der Waals surface area contributed by atoms with Gasteiger partial charge in [-0.3, -0.25) is 0 Å². The van der Waals surface area contributed by atoms with Crippen molar-refractivity contribution in [2.75, 3.05) is 18.0 Å². The fraction of sp³-hybridized carbons (Fsp3) is 0.583. The van der Waals surface area contributed by atoms with Gasteiger partial charge in [0.05, 0.1) is 6.33 Å². The van der Waals surface area contributed by atoms with Crippen LogP contribution >= 0.6 is 0 Å². The minimum atomic E-state index is -1.49. The normalized spacial score (nSPS) is 16.7. The van der Waals surface area contributed by atoms with Crippen LogP contribution in [-0.2, 0) is 0 Å². The van der Waals surface area contributed by atoms with Crippen molar-refractivity contribution in [3.05, 3.63) is 12.7 Å². The van der Waals surface area contributed by atoms with Crippen LogP contribution in [0.15, 0.2) is 12.7 Å². The van der Waals surface area contributed by atoms with Crippen molar-refractivity contribution in [1.82, 2.24) is 19.2 Å². The van der Waals surface area contributed by atoms with Crippen molar-refractivity contribution in [2.45, 2.75) is 32.5 Å². The van der Waals surface area contributed by atoms with Crippen molar-refractivity contribution in [2.24, 2.45) is 0 Å². The van der Waals surface area contributed by atoms with Gasteiger partial charge in [0.15, 0.2) is 14.1 Å². The van der Waals surface area contributed by atoms with Crippen LogP contribution in [0.25, 0.3) is 11.5 Å². The number of aromatic nitrogens is 4. The summed E-state index contributed by atoms with van der Waals surface area (Å²) in [5, 5.41) is 0. The van der Waals surface area contributed by atoms with E-state index in [2.05, 4.69) is 43.7 Å². The molecule has 0 amide bonds. The van der Waals surface area contributed by atoms with Gasteiger partial charge in [-0.15, -0.1) is 0 Å². The van der Waals surface area contributed by atoms with Crippen LogP contribution in [0.5, 0.6) is 0 Å². The molecule has 0 N–H and O–H groups in total.